The smallest absolute Gasteiger partial charge is 0.363 e. The molecule has 0 unspecified atom stereocenters. The van der Waals surface area contributed by atoms with Gasteiger partial charge in [-0.25, -0.2) is 0 Å². The van der Waals surface area contributed by atoms with Crippen molar-refractivity contribution in [3.05, 3.63) is 28.4 Å². The zero-order chi connectivity index (χ0) is 11.1. The van der Waals surface area contributed by atoms with Crippen molar-refractivity contribution >= 4 is 11.5 Å². The van der Waals surface area contributed by atoms with Crippen molar-refractivity contribution in [3.8, 4) is 0 Å². The Morgan fingerprint density at radius 3 is 2.94 bits per heavy atom. The molecule has 0 aliphatic carbocycles. The molecule has 6 nitrogen and oxygen atoms in total. The Morgan fingerprint density at radius 1 is 1.56 bits per heavy atom. The molecule has 0 radical (unpaired) electrons. The predicted molar refractivity (Wildman–Crippen MR) is 58.4 cm³/mol. The van der Waals surface area contributed by atoms with E-state index in [-0.39, 0.29) is 5.82 Å². The molecule has 0 saturated carbocycles. The second-order valence-electron chi connectivity index (χ2n) is 4.28. The third-order valence-electron chi connectivity index (χ3n) is 3.31. The second kappa shape index (κ2) is 3.41. The maximum absolute atomic E-state index is 10.5. The van der Waals surface area contributed by atoms with E-state index in [2.05, 4.69) is 15.2 Å². The van der Waals surface area contributed by atoms with Gasteiger partial charge in [0, 0.05) is 31.2 Å². The summed E-state index contributed by atoms with van der Waals surface area (Å²) < 4.78 is 0. The van der Waals surface area contributed by atoms with Crippen molar-refractivity contribution in [1.29, 1.82) is 0 Å². The third-order valence-corrected chi connectivity index (χ3v) is 3.31. The number of aromatic nitrogens is 1. The van der Waals surface area contributed by atoms with Crippen LogP contribution in [0.1, 0.15) is 6.42 Å². The molecule has 2 fully saturated rings. The number of nitro groups is 1. The van der Waals surface area contributed by atoms with E-state index in [9.17, 15) is 10.1 Å². The highest BCUT2D eigenvalue weighted by atomic mass is 16.6. The highest BCUT2D eigenvalue weighted by molar-refractivity contribution is 5.50. The number of hydrogen-bond donors (Lipinski definition) is 1. The van der Waals surface area contributed by atoms with E-state index in [1.807, 2.05) is 0 Å². The minimum absolute atomic E-state index is 0.0915. The van der Waals surface area contributed by atoms with Crippen molar-refractivity contribution in [2.75, 3.05) is 18.0 Å². The SMILES string of the molecule is O=[N+]([O-])c1ccc(N2C[C@H]3C[C@@H]2CN3)cn1. The van der Waals surface area contributed by atoms with Gasteiger partial charge in [0.05, 0.1) is 5.69 Å². The van der Waals surface area contributed by atoms with Gasteiger partial charge in [0.2, 0.25) is 0 Å². The standard InChI is InChI=1S/C10H12N4O2/c15-14(16)10-2-1-8(4-12-10)13-6-7-3-9(13)5-11-7/h1-2,4,7,9,11H,3,5-6H2/t7-,9-/m1/s1. The monoisotopic (exact) mass is 220 g/mol. The molecule has 2 atom stereocenters. The highest BCUT2D eigenvalue weighted by Gasteiger charge is 2.38. The maximum atomic E-state index is 10.5. The molecule has 2 saturated heterocycles. The Labute approximate surface area is 92.4 Å². The molecule has 1 aromatic rings. The summed E-state index contributed by atoms with van der Waals surface area (Å²) >= 11 is 0. The molecule has 0 spiro atoms. The highest BCUT2D eigenvalue weighted by Crippen LogP contribution is 2.29. The molecule has 0 amide bonds. The molecule has 6 heteroatoms. The molecule has 3 heterocycles. The maximum Gasteiger partial charge on any atom is 0.363 e. The number of piperazine rings is 1. The van der Waals surface area contributed by atoms with E-state index in [0.717, 1.165) is 25.2 Å². The van der Waals surface area contributed by atoms with Crippen LogP contribution in [0.4, 0.5) is 11.5 Å². The van der Waals surface area contributed by atoms with E-state index < -0.39 is 4.92 Å². The summed E-state index contributed by atoms with van der Waals surface area (Å²) in [4.78, 5) is 16.1. The summed E-state index contributed by atoms with van der Waals surface area (Å²) in [6.45, 7) is 1.98. The van der Waals surface area contributed by atoms with Crippen LogP contribution >= 0.6 is 0 Å². The molecule has 0 aromatic carbocycles. The van der Waals surface area contributed by atoms with Crippen LogP contribution in [0.3, 0.4) is 0 Å². The lowest BCUT2D eigenvalue weighted by atomic mass is 10.2. The van der Waals surface area contributed by atoms with Gasteiger partial charge in [0.1, 0.15) is 0 Å². The molecule has 2 aliphatic heterocycles. The van der Waals surface area contributed by atoms with Gasteiger partial charge in [0.15, 0.2) is 6.20 Å². The van der Waals surface area contributed by atoms with Crippen molar-refractivity contribution in [2.45, 2.75) is 18.5 Å². The molecule has 1 aromatic heterocycles. The quantitative estimate of drug-likeness (QED) is 0.581. The Kier molecular flexibility index (Phi) is 2.03. The zero-order valence-electron chi connectivity index (χ0n) is 8.67. The molecule has 84 valence electrons. The number of fused-ring (bicyclic) bond motifs is 2. The third kappa shape index (κ3) is 1.42. The fourth-order valence-electron chi connectivity index (χ4n) is 2.53. The van der Waals surface area contributed by atoms with E-state index in [1.165, 1.54) is 6.07 Å². The molecule has 2 aliphatic rings. The van der Waals surface area contributed by atoms with E-state index in [4.69, 9.17) is 0 Å². The number of rotatable bonds is 2. The van der Waals surface area contributed by atoms with Crippen LogP contribution in [0.15, 0.2) is 18.3 Å². The van der Waals surface area contributed by atoms with Gasteiger partial charge in [-0.3, -0.25) is 0 Å². The van der Waals surface area contributed by atoms with Crippen molar-refractivity contribution in [2.24, 2.45) is 0 Å². The molecular formula is C10H12N4O2. The number of pyridine rings is 1. The summed E-state index contributed by atoms with van der Waals surface area (Å²) in [5.41, 5.74) is 0.986. The lowest BCUT2D eigenvalue weighted by Crippen LogP contribution is -2.43. The van der Waals surface area contributed by atoms with Gasteiger partial charge in [-0.05, 0) is 22.4 Å². The average Bonchev–Trinajstić information content (AvgIpc) is 2.91. The van der Waals surface area contributed by atoms with Crippen molar-refractivity contribution in [3.63, 3.8) is 0 Å². The summed E-state index contributed by atoms with van der Waals surface area (Å²) in [7, 11) is 0. The van der Waals surface area contributed by atoms with Crippen LogP contribution in [0.25, 0.3) is 0 Å². The van der Waals surface area contributed by atoms with Gasteiger partial charge in [-0.15, -0.1) is 0 Å². The first-order chi connectivity index (χ1) is 7.74. The largest absolute Gasteiger partial charge is 0.363 e. The number of nitrogens with one attached hydrogen (secondary N) is 1. The van der Waals surface area contributed by atoms with Gasteiger partial charge in [-0.1, -0.05) is 0 Å². The average molecular weight is 220 g/mol. The molecule has 2 bridgehead atoms. The van der Waals surface area contributed by atoms with E-state index in [0.29, 0.717) is 12.1 Å². The van der Waals surface area contributed by atoms with Gasteiger partial charge in [0.25, 0.3) is 0 Å². The first kappa shape index (κ1) is 9.53. The second-order valence-corrected chi connectivity index (χ2v) is 4.28. The zero-order valence-corrected chi connectivity index (χ0v) is 8.67. The lowest BCUT2D eigenvalue weighted by Gasteiger charge is -2.28. The summed E-state index contributed by atoms with van der Waals surface area (Å²) in [6.07, 6.45) is 2.76. The molecular weight excluding hydrogens is 208 g/mol. The van der Waals surface area contributed by atoms with E-state index >= 15 is 0 Å². The molecule has 3 rings (SSSR count). The summed E-state index contributed by atoms with van der Waals surface area (Å²) in [5, 5.41) is 13.9. The fraction of sp³-hybridized carbons (Fsp3) is 0.500. The Balaban J connectivity index is 1.82. The number of nitrogens with zero attached hydrogens (tertiary/aromatic N) is 3. The summed E-state index contributed by atoms with van der Waals surface area (Å²) in [6, 6.07) is 4.34. The van der Waals surface area contributed by atoms with Crippen LogP contribution in [-0.4, -0.2) is 35.1 Å². The van der Waals surface area contributed by atoms with E-state index in [1.54, 1.807) is 12.3 Å². The van der Waals surface area contributed by atoms with Crippen LogP contribution < -0.4 is 10.2 Å². The van der Waals surface area contributed by atoms with Gasteiger partial charge < -0.3 is 20.3 Å². The first-order valence-electron chi connectivity index (χ1n) is 5.34. The fourth-order valence-corrected chi connectivity index (χ4v) is 2.53. The normalized spacial score (nSPS) is 27.4. The van der Waals surface area contributed by atoms with Gasteiger partial charge >= 0.3 is 5.82 Å². The summed E-state index contributed by atoms with van der Waals surface area (Å²) in [5.74, 6) is -0.0915. The number of hydrogen-bond acceptors (Lipinski definition) is 5. The van der Waals surface area contributed by atoms with Gasteiger partial charge in [-0.2, -0.15) is 0 Å². The lowest BCUT2D eigenvalue weighted by molar-refractivity contribution is -0.389. The van der Waals surface area contributed by atoms with Crippen LogP contribution in [0, 0.1) is 10.1 Å². The van der Waals surface area contributed by atoms with Crippen LogP contribution in [-0.2, 0) is 0 Å². The Morgan fingerprint density at radius 2 is 2.44 bits per heavy atom. The topological polar surface area (TPSA) is 71.3 Å². The van der Waals surface area contributed by atoms with Crippen LogP contribution in [0.5, 0.6) is 0 Å². The van der Waals surface area contributed by atoms with Crippen molar-refractivity contribution < 1.29 is 4.92 Å². The Bertz CT molecular complexity index is 419. The minimum Gasteiger partial charge on any atom is -0.363 e. The minimum atomic E-state index is -0.471. The molecule has 1 N–H and O–H groups in total. The van der Waals surface area contributed by atoms with Crippen molar-refractivity contribution in [1.82, 2.24) is 10.3 Å². The Hall–Kier alpha value is -1.69. The molecule has 16 heavy (non-hydrogen) atoms. The number of anilines is 1. The first-order valence-corrected chi connectivity index (χ1v) is 5.34. The van der Waals surface area contributed by atoms with Crippen LogP contribution in [0.2, 0.25) is 0 Å². The predicted octanol–water partition coefficient (Wildman–Crippen LogP) is 0.540.